The van der Waals surface area contributed by atoms with Crippen LogP contribution < -0.4 is 0 Å². The number of nitrogens with zero attached hydrogens (tertiary/aromatic N) is 2. The second kappa shape index (κ2) is 6.66. The summed E-state index contributed by atoms with van der Waals surface area (Å²) in [5.74, 6) is -1.13. The molecule has 0 saturated heterocycles. The molecule has 2 aromatic rings. The zero-order valence-electron chi connectivity index (χ0n) is 11.6. The van der Waals surface area contributed by atoms with E-state index >= 15 is 0 Å². The van der Waals surface area contributed by atoms with Crippen LogP contribution >= 0.6 is 22.9 Å². The molecule has 106 valence electrons. The van der Waals surface area contributed by atoms with E-state index in [1.54, 1.807) is 13.0 Å². The predicted molar refractivity (Wildman–Crippen MR) is 85.3 cm³/mol. The number of hydrogen-bond donors (Lipinski definition) is 0. The van der Waals surface area contributed by atoms with Gasteiger partial charge in [0, 0.05) is 16.1 Å². The molecule has 0 unspecified atom stereocenters. The Hall–Kier alpha value is -1.96. The minimum Gasteiger partial charge on any atom is -0.293 e. The van der Waals surface area contributed by atoms with Gasteiger partial charge in [-0.1, -0.05) is 29.8 Å². The van der Waals surface area contributed by atoms with Crippen LogP contribution in [0, 0.1) is 18.3 Å². The van der Waals surface area contributed by atoms with Gasteiger partial charge < -0.3 is 0 Å². The van der Waals surface area contributed by atoms with Gasteiger partial charge >= 0.3 is 0 Å². The number of halogens is 1. The Labute approximate surface area is 132 Å². The largest absolute Gasteiger partial charge is 0.293 e. The first-order chi connectivity index (χ1) is 10.0. The van der Waals surface area contributed by atoms with Crippen molar-refractivity contribution in [2.24, 2.45) is 0 Å². The van der Waals surface area contributed by atoms with Gasteiger partial charge in [0.05, 0.1) is 6.07 Å². The summed E-state index contributed by atoms with van der Waals surface area (Å²) in [5, 5.41) is 12.2. The van der Waals surface area contributed by atoms with Gasteiger partial charge in [0.2, 0.25) is 0 Å². The maximum atomic E-state index is 12.3. The zero-order valence-corrected chi connectivity index (χ0v) is 13.2. The number of carbonyl (C=O) groups is 1. The summed E-state index contributed by atoms with van der Waals surface area (Å²) in [6.45, 7) is 3.64. The van der Waals surface area contributed by atoms with Crippen molar-refractivity contribution in [3.05, 3.63) is 57.0 Å². The molecule has 1 aromatic carbocycles. The highest BCUT2D eigenvalue weighted by Crippen LogP contribution is 2.26. The summed E-state index contributed by atoms with van der Waals surface area (Å²) < 4.78 is 0. The summed E-state index contributed by atoms with van der Waals surface area (Å²) in [6.07, 6.45) is 1.46. The number of aromatic nitrogens is 1. The average molecular weight is 317 g/mol. The van der Waals surface area contributed by atoms with Gasteiger partial charge in [0.15, 0.2) is 11.7 Å². The minimum absolute atomic E-state index is 0.274. The lowest BCUT2D eigenvalue weighted by molar-refractivity contribution is -0.114. The quantitative estimate of drug-likeness (QED) is 0.786. The normalized spacial score (nSPS) is 12.8. The van der Waals surface area contributed by atoms with E-state index in [2.05, 4.69) is 4.98 Å². The molecule has 0 radical (unpaired) electrons. The lowest BCUT2D eigenvalue weighted by Gasteiger charge is -2.06. The van der Waals surface area contributed by atoms with Gasteiger partial charge in [0.25, 0.3) is 0 Å². The van der Waals surface area contributed by atoms with E-state index < -0.39 is 5.92 Å². The third kappa shape index (κ3) is 3.57. The van der Waals surface area contributed by atoms with Crippen molar-refractivity contribution in [1.82, 2.24) is 4.98 Å². The van der Waals surface area contributed by atoms with Crippen LogP contribution in [0.3, 0.4) is 0 Å². The second-order valence-electron chi connectivity index (χ2n) is 4.60. The summed E-state index contributed by atoms with van der Waals surface area (Å²) in [5.41, 5.74) is 2.34. The third-order valence-electron chi connectivity index (χ3n) is 2.95. The second-order valence-corrected chi connectivity index (χ2v) is 5.90. The highest BCUT2D eigenvalue weighted by atomic mass is 35.5. The minimum atomic E-state index is -0.860. The first-order valence-corrected chi connectivity index (χ1v) is 7.57. The molecule has 0 fully saturated rings. The first kappa shape index (κ1) is 15.4. The number of nitriles is 1. The molecule has 0 saturated carbocycles. The molecular formula is C16H13ClN2OS. The number of allylic oxidation sites excluding steroid dienone is 2. The molecular weight excluding hydrogens is 304 g/mol. The average Bonchev–Trinajstić information content (AvgIpc) is 2.86. The Morgan fingerprint density at radius 2 is 2.19 bits per heavy atom. The van der Waals surface area contributed by atoms with Crippen molar-refractivity contribution < 1.29 is 4.79 Å². The first-order valence-electron chi connectivity index (χ1n) is 6.31. The third-order valence-corrected chi connectivity index (χ3v) is 4.31. The SMILES string of the molecule is C/C(=C\C(=O)[C@@H](C#N)c1nc(C)cs1)c1ccccc1Cl. The van der Waals surface area contributed by atoms with E-state index in [1.807, 2.05) is 36.6 Å². The van der Waals surface area contributed by atoms with Gasteiger partial charge in [0.1, 0.15) is 5.01 Å². The number of aryl methyl sites for hydroxylation is 1. The molecule has 0 amide bonds. The standard InChI is InChI=1S/C16H13ClN2OS/c1-10(12-5-3-4-6-14(12)17)7-15(20)13(8-18)16-19-11(2)9-21-16/h3-7,9,13H,1-2H3/b10-7+/t13-/m1/s1. The van der Waals surface area contributed by atoms with Crippen LogP contribution in [0.4, 0.5) is 0 Å². The van der Waals surface area contributed by atoms with E-state index in [4.69, 9.17) is 11.6 Å². The topological polar surface area (TPSA) is 53.8 Å². The van der Waals surface area contributed by atoms with Gasteiger partial charge in [-0.25, -0.2) is 4.98 Å². The Morgan fingerprint density at radius 3 is 2.76 bits per heavy atom. The van der Waals surface area contributed by atoms with Crippen LogP contribution in [0.2, 0.25) is 5.02 Å². The predicted octanol–water partition coefficient (Wildman–Crippen LogP) is 4.38. The molecule has 5 heteroatoms. The Bertz CT molecular complexity index is 743. The van der Waals surface area contributed by atoms with Crippen molar-refractivity contribution >= 4 is 34.3 Å². The lowest BCUT2D eigenvalue weighted by atomic mass is 10.0. The van der Waals surface area contributed by atoms with Gasteiger partial charge in [-0.15, -0.1) is 11.3 Å². The van der Waals surface area contributed by atoms with Crippen LogP contribution in [0.25, 0.3) is 5.57 Å². The number of hydrogen-bond acceptors (Lipinski definition) is 4. The fourth-order valence-electron chi connectivity index (χ4n) is 1.90. The summed E-state index contributed by atoms with van der Waals surface area (Å²) in [7, 11) is 0. The lowest BCUT2D eigenvalue weighted by Crippen LogP contribution is -2.08. The molecule has 0 bridgehead atoms. The number of rotatable bonds is 4. The Morgan fingerprint density at radius 1 is 1.48 bits per heavy atom. The summed E-state index contributed by atoms with van der Waals surface area (Å²) in [4.78, 5) is 16.5. The van der Waals surface area contributed by atoms with Crippen LogP contribution in [-0.2, 0) is 4.79 Å². The molecule has 21 heavy (non-hydrogen) atoms. The highest BCUT2D eigenvalue weighted by molar-refractivity contribution is 7.10. The summed E-state index contributed by atoms with van der Waals surface area (Å²) >= 11 is 7.44. The molecule has 2 rings (SSSR count). The van der Waals surface area contributed by atoms with Crippen molar-refractivity contribution in [2.45, 2.75) is 19.8 Å². The van der Waals surface area contributed by atoms with Crippen LogP contribution in [-0.4, -0.2) is 10.8 Å². The molecule has 0 N–H and O–H groups in total. The highest BCUT2D eigenvalue weighted by Gasteiger charge is 2.21. The van der Waals surface area contributed by atoms with Crippen molar-refractivity contribution in [3.8, 4) is 6.07 Å². The summed E-state index contributed by atoms with van der Waals surface area (Å²) in [6, 6.07) is 9.32. The molecule has 0 aliphatic heterocycles. The van der Waals surface area contributed by atoms with Gasteiger partial charge in [-0.05, 0) is 37.1 Å². The smallest absolute Gasteiger partial charge is 0.180 e. The van der Waals surface area contributed by atoms with Gasteiger partial charge in [-0.2, -0.15) is 5.26 Å². The van der Waals surface area contributed by atoms with Crippen molar-refractivity contribution in [2.75, 3.05) is 0 Å². The fourth-order valence-corrected chi connectivity index (χ4v) is 3.03. The van der Waals surface area contributed by atoms with Gasteiger partial charge in [-0.3, -0.25) is 4.79 Å². The number of benzene rings is 1. The fraction of sp³-hybridized carbons (Fsp3) is 0.188. The van der Waals surface area contributed by atoms with Crippen molar-refractivity contribution in [3.63, 3.8) is 0 Å². The van der Waals surface area contributed by atoms with Crippen LogP contribution in [0.5, 0.6) is 0 Å². The maximum Gasteiger partial charge on any atom is 0.180 e. The van der Waals surface area contributed by atoms with E-state index in [0.29, 0.717) is 10.0 Å². The van der Waals surface area contributed by atoms with E-state index in [-0.39, 0.29) is 5.78 Å². The molecule has 1 aromatic heterocycles. The van der Waals surface area contributed by atoms with E-state index in [1.165, 1.54) is 17.4 Å². The molecule has 1 atom stereocenters. The number of ketones is 1. The molecule has 0 aliphatic rings. The number of carbonyl (C=O) groups excluding carboxylic acids is 1. The molecule has 1 heterocycles. The number of thiazole rings is 1. The zero-order chi connectivity index (χ0) is 15.4. The molecule has 0 spiro atoms. The van der Waals surface area contributed by atoms with Crippen LogP contribution in [0.15, 0.2) is 35.7 Å². The maximum absolute atomic E-state index is 12.3. The Balaban J connectivity index is 2.29. The van der Waals surface area contributed by atoms with E-state index in [9.17, 15) is 10.1 Å². The molecule has 3 nitrogen and oxygen atoms in total. The Kier molecular flexibility index (Phi) is 4.89. The molecule has 0 aliphatic carbocycles. The van der Waals surface area contributed by atoms with Crippen molar-refractivity contribution in [1.29, 1.82) is 5.26 Å². The monoisotopic (exact) mass is 316 g/mol. The van der Waals surface area contributed by atoms with E-state index in [0.717, 1.165) is 16.8 Å². The van der Waals surface area contributed by atoms with Crippen LogP contribution in [0.1, 0.15) is 29.1 Å².